The summed E-state index contributed by atoms with van der Waals surface area (Å²) in [5, 5.41) is 0. The van der Waals surface area contributed by atoms with Crippen LogP contribution in [0.5, 0.6) is 0 Å². The highest BCUT2D eigenvalue weighted by Crippen LogP contribution is 2.26. The van der Waals surface area contributed by atoms with Crippen molar-refractivity contribution in [3.8, 4) is 11.1 Å². The molecule has 0 atom stereocenters. The van der Waals surface area contributed by atoms with Crippen molar-refractivity contribution in [3.63, 3.8) is 0 Å². The third-order valence-electron chi connectivity index (χ3n) is 3.27. The van der Waals surface area contributed by atoms with Crippen molar-refractivity contribution in [2.75, 3.05) is 0 Å². The molecular formula is C17H18BrF. The lowest BCUT2D eigenvalue weighted by molar-refractivity contribution is 0.630. The molecule has 0 nitrogen and oxygen atoms in total. The fraction of sp³-hybridized carbons (Fsp3) is 0.294. The van der Waals surface area contributed by atoms with E-state index in [1.165, 1.54) is 30.9 Å². The average Bonchev–Trinajstić information content (AvgIpc) is 2.40. The van der Waals surface area contributed by atoms with E-state index in [2.05, 4.69) is 35.0 Å². The van der Waals surface area contributed by atoms with Crippen molar-refractivity contribution in [2.24, 2.45) is 0 Å². The van der Waals surface area contributed by atoms with Crippen molar-refractivity contribution in [3.05, 3.63) is 58.3 Å². The van der Waals surface area contributed by atoms with Gasteiger partial charge in [-0.25, -0.2) is 4.39 Å². The Balaban J connectivity index is 2.13. The van der Waals surface area contributed by atoms with E-state index in [0.29, 0.717) is 5.56 Å². The van der Waals surface area contributed by atoms with Crippen molar-refractivity contribution >= 4 is 15.9 Å². The number of hydrogen-bond acceptors (Lipinski definition) is 0. The first-order valence-corrected chi connectivity index (χ1v) is 7.54. The van der Waals surface area contributed by atoms with E-state index in [1.54, 1.807) is 0 Å². The molecule has 0 aliphatic carbocycles. The van der Waals surface area contributed by atoms with Crippen LogP contribution in [0, 0.1) is 5.82 Å². The van der Waals surface area contributed by atoms with Crippen LogP contribution in [0.3, 0.4) is 0 Å². The summed E-state index contributed by atoms with van der Waals surface area (Å²) in [6, 6.07) is 13.4. The lowest BCUT2D eigenvalue weighted by Gasteiger charge is -2.06. The topological polar surface area (TPSA) is 0 Å². The Morgan fingerprint density at radius 2 is 1.74 bits per heavy atom. The van der Waals surface area contributed by atoms with Gasteiger partial charge in [0, 0.05) is 10.0 Å². The third-order valence-corrected chi connectivity index (χ3v) is 3.76. The van der Waals surface area contributed by atoms with Crippen LogP contribution in [0.1, 0.15) is 31.7 Å². The number of aryl methyl sites for hydroxylation is 1. The quantitative estimate of drug-likeness (QED) is 0.594. The molecule has 0 heterocycles. The first-order valence-electron chi connectivity index (χ1n) is 6.75. The maximum absolute atomic E-state index is 13.9. The minimum absolute atomic E-state index is 0.187. The van der Waals surface area contributed by atoms with E-state index in [1.807, 2.05) is 24.3 Å². The van der Waals surface area contributed by atoms with Crippen molar-refractivity contribution < 1.29 is 4.39 Å². The van der Waals surface area contributed by atoms with Gasteiger partial charge in [-0.15, -0.1) is 0 Å². The summed E-state index contributed by atoms with van der Waals surface area (Å²) in [7, 11) is 0. The van der Waals surface area contributed by atoms with Crippen LogP contribution in [0.2, 0.25) is 0 Å². The summed E-state index contributed by atoms with van der Waals surface area (Å²) in [5.41, 5.74) is 2.92. The molecule has 0 amide bonds. The van der Waals surface area contributed by atoms with E-state index in [4.69, 9.17) is 0 Å². The predicted octanol–water partition coefficient (Wildman–Crippen LogP) is 5.99. The molecule has 0 saturated carbocycles. The van der Waals surface area contributed by atoms with E-state index in [9.17, 15) is 4.39 Å². The molecule has 100 valence electrons. The number of rotatable bonds is 5. The summed E-state index contributed by atoms with van der Waals surface area (Å²) in [4.78, 5) is 0. The highest BCUT2D eigenvalue weighted by molar-refractivity contribution is 9.10. The summed E-state index contributed by atoms with van der Waals surface area (Å²) in [6.45, 7) is 2.21. The van der Waals surface area contributed by atoms with Gasteiger partial charge in [-0.3, -0.25) is 0 Å². The molecule has 0 bridgehead atoms. The first-order chi connectivity index (χ1) is 9.20. The lowest BCUT2D eigenvalue weighted by Crippen LogP contribution is -1.88. The highest BCUT2D eigenvalue weighted by atomic mass is 79.9. The first kappa shape index (κ1) is 14.3. The molecule has 0 N–H and O–H groups in total. The zero-order valence-electron chi connectivity index (χ0n) is 11.1. The summed E-state index contributed by atoms with van der Waals surface area (Å²) < 4.78 is 14.6. The second kappa shape index (κ2) is 6.85. The number of unbranched alkanes of at least 4 members (excludes halogenated alkanes) is 2. The van der Waals surface area contributed by atoms with E-state index in [0.717, 1.165) is 16.5 Å². The van der Waals surface area contributed by atoms with Gasteiger partial charge in [0.1, 0.15) is 5.82 Å². The van der Waals surface area contributed by atoms with Gasteiger partial charge in [-0.2, -0.15) is 0 Å². The van der Waals surface area contributed by atoms with Crippen molar-refractivity contribution in [1.29, 1.82) is 0 Å². The molecule has 2 aromatic carbocycles. The van der Waals surface area contributed by atoms with Crippen LogP contribution in [0.25, 0.3) is 11.1 Å². The van der Waals surface area contributed by atoms with Crippen LogP contribution >= 0.6 is 15.9 Å². The Morgan fingerprint density at radius 1 is 1.00 bits per heavy atom. The molecule has 0 saturated heterocycles. The molecule has 0 aliphatic rings. The molecule has 0 aliphatic heterocycles. The Bertz CT molecular complexity index is 531. The minimum Gasteiger partial charge on any atom is -0.206 e. The Morgan fingerprint density at radius 3 is 2.37 bits per heavy atom. The van der Waals surface area contributed by atoms with Gasteiger partial charge in [-0.1, -0.05) is 66.0 Å². The Labute approximate surface area is 122 Å². The normalized spacial score (nSPS) is 10.7. The lowest BCUT2D eigenvalue weighted by atomic mass is 10.0. The molecule has 0 unspecified atom stereocenters. The molecule has 2 aromatic rings. The van der Waals surface area contributed by atoms with Crippen LogP contribution < -0.4 is 0 Å². The zero-order valence-corrected chi connectivity index (χ0v) is 12.7. The second-order valence-corrected chi connectivity index (χ2v) is 5.69. The SMILES string of the molecule is CCCCCc1ccc(-c2ccc(Br)cc2F)cc1. The predicted molar refractivity (Wildman–Crippen MR) is 82.8 cm³/mol. The Hall–Kier alpha value is -1.15. The van der Waals surface area contributed by atoms with Gasteiger partial charge >= 0.3 is 0 Å². The van der Waals surface area contributed by atoms with Gasteiger partial charge in [0.2, 0.25) is 0 Å². The largest absolute Gasteiger partial charge is 0.206 e. The number of hydrogen-bond donors (Lipinski definition) is 0. The standard InChI is InChI=1S/C17H18BrF/c1-2-3-4-5-13-6-8-14(9-7-13)16-11-10-15(18)12-17(16)19/h6-12H,2-5H2,1H3. The molecule has 0 fully saturated rings. The summed E-state index contributed by atoms with van der Waals surface area (Å²) in [6.07, 6.45) is 4.84. The maximum atomic E-state index is 13.9. The maximum Gasteiger partial charge on any atom is 0.132 e. The van der Waals surface area contributed by atoms with Gasteiger partial charge in [-0.05, 0) is 36.1 Å². The second-order valence-electron chi connectivity index (χ2n) is 4.78. The zero-order chi connectivity index (χ0) is 13.7. The Kier molecular flexibility index (Phi) is 5.15. The van der Waals surface area contributed by atoms with Crippen molar-refractivity contribution in [1.82, 2.24) is 0 Å². The molecular weight excluding hydrogens is 303 g/mol. The average molecular weight is 321 g/mol. The third kappa shape index (κ3) is 3.90. The van der Waals surface area contributed by atoms with Crippen molar-refractivity contribution in [2.45, 2.75) is 32.6 Å². The summed E-state index contributed by atoms with van der Waals surface area (Å²) >= 11 is 3.28. The van der Waals surface area contributed by atoms with Gasteiger partial charge in [0.25, 0.3) is 0 Å². The molecule has 0 radical (unpaired) electrons. The molecule has 19 heavy (non-hydrogen) atoms. The number of halogens is 2. The fourth-order valence-corrected chi connectivity index (χ4v) is 2.49. The molecule has 0 spiro atoms. The van der Waals surface area contributed by atoms with Gasteiger partial charge in [0.15, 0.2) is 0 Å². The van der Waals surface area contributed by atoms with Crippen LogP contribution in [-0.2, 0) is 6.42 Å². The molecule has 2 rings (SSSR count). The number of benzene rings is 2. The van der Waals surface area contributed by atoms with E-state index in [-0.39, 0.29) is 5.82 Å². The minimum atomic E-state index is -0.187. The van der Waals surface area contributed by atoms with Crippen LogP contribution in [-0.4, -0.2) is 0 Å². The van der Waals surface area contributed by atoms with E-state index >= 15 is 0 Å². The monoisotopic (exact) mass is 320 g/mol. The fourth-order valence-electron chi connectivity index (χ4n) is 2.15. The highest BCUT2D eigenvalue weighted by Gasteiger charge is 2.05. The summed E-state index contributed by atoms with van der Waals surface area (Å²) in [5.74, 6) is -0.187. The van der Waals surface area contributed by atoms with Crippen LogP contribution in [0.4, 0.5) is 4.39 Å². The van der Waals surface area contributed by atoms with E-state index < -0.39 is 0 Å². The molecule has 2 heteroatoms. The van der Waals surface area contributed by atoms with Gasteiger partial charge in [0.05, 0.1) is 0 Å². The van der Waals surface area contributed by atoms with Crippen LogP contribution in [0.15, 0.2) is 46.9 Å². The molecule has 0 aromatic heterocycles. The smallest absolute Gasteiger partial charge is 0.132 e. The van der Waals surface area contributed by atoms with Gasteiger partial charge < -0.3 is 0 Å².